The monoisotopic (exact) mass is 374 g/mol. The minimum absolute atomic E-state index is 0.0722. The van der Waals surface area contributed by atoms with Gasteiger partial charge in [-0.2, -0.15) is 0 Å². The van der Waals surface area contributed by atoms with E-state index < -0.39 is 17.1 Å². The topological polar surface area (TPSA) is 74.6 Å². The molecule has 0 heterocycles. The smallest absolute Gasteiger partial charge is 0.164 e. The summed E-state index contributed by atoms with van der Waals surface area (Å²) in [6, 6.07) is 0. The van der Waals surface area contributed by atoms with E-state index in [9.17, 15) is 19.8 Å². The Kier molecular flexibility index (Phi) is 4.29. The molecule has 8 atom stereocenters. The Hall–Kier alpha value is -1.00. The van der Waals surface area contributed by atoms with Crippen molar-refractivity contribution < 1.29 is 19.8 Å². The molecule has 2 N–H and O–H groups in total. The number of hydrogen-bond donors (Lipinski definition) is 2. The first-order valence-electron chi connectivity index (χ1n) is 10.8. The van der Waals surface area contributed by atoms with Gasteiger partial charge < -0.3 is 10.2 Å². The largest absolute Gasteiger partial charge is 0.393 e. The number of ketones is 2. The molecule has 0 aromatic heterocycles. The van der Waals surface area contributed by atoms with Crippen molar-refractivity contribution in [1.82, 2.24) is 0 Å². The minimum atomic E-state index is -1.30. The molecular weight excluding hydrogens is 340 g/mol. The van der Waals surface area contributed by atoms with Gasteiger partial charge in [0.05, 0.1) is 6.10 Å². The van der Waals surface area contributed by atoms with E-state index in [1.807, 2.05) is 19.9 Å². The summed E-state index contributed by atoms with van der Waals surface area (Å²) in [4.78, 5) is 24.7. The molecule has 0 aromatic carbocycles. The number of carbonyl (C=O) groups excluding carboxylic acids is 2. The van der Waals surface area contributed by atoms with E-state index in [2.05, 4.69) is 13.8 Å². The number of carbonyl (C=O) groups is 2. The molecule has 0 amide bonds. The highest BCUT2D eigenvalue weighted by molar-refractivity contribution is 5.92. The van der Waals surface area contributed by atoms with E-state index in [1.54, 1.807) is 0 Å². The van der Waals surface area contributed by atoms with Crippen LogP contribution in [0.15, 0.2) is 11.6 Å². The summed E-state index contributed by atoms with van der Waals surface area (Å²) < 4.78 is 0. The van der Waals surface area contributed by atoms with Crippen molar-refractivity contribution in [2.75, 3.05) is 0 Å². The van der Waals surface area contributed by atoms with Crippen molar-refractivity contribution in [3.8, 4) is 0 Å². The lowest BCUT2D eigenvalue weighted by molar-refractivity contribution is -0.182. The van der Waals surface area contributed by atoms with Crippen LogP contribution in [0.25, 0.3) is 0 Å². The molecule has 0 saturated heterocycles. The molecule has 4 rings (SSSR count). The zero-order chi connectivity index (χ0) is 19.8. The van der Waals surface area contributed by atoms with E-state index >= 15 is 0 Å². The van der Waals surface area contributed by atoms with Gasteiger partial charge in [0.2, 0.25) is 0 Å². The lowest BCUT2D eigenvalue weighted by Crippen LogP contribution is -2.62. The third-order valence-electron chi connectivity index (χ3n) is 9.15. The zero-order valence-electron chi connectivity index (χ0n) is 17.1. The number of allylic oxidation sites excluding steroid dienone is 1. The first-order valence-corrected chi connectivity index (χ1v) is 10.8. The molecule has 4 heteroatoms. The first kappa shape index (κ1) is 19.3. The second-order valence-electron chi connectivity index (χ2n) is 10.3. The Labute approximate surface area is 162 Å². The zero-order valence-corrected chi connectivity index (χ0v) is 17.1. The van der Waals surface area contributed by atoms with Gasteiger partial charge in [-0.15, -0.1) is 0 Å². The van der Waals surface area contributed by atoms with Crippen molar-refractivity contribution >= 4 is 11.6 Å². The van der Waals surface area contributed by atoms with Crippen molar-refractivity contribution in [3.63, 3.8) is 0 Å². The van der Waals surface area contributed by atoms with E-state index in [1.165, 1.54) is 5.57 Å². The van der Waals surface area contributed by atoms with Gasteiger partial charge in [-0.25, -0.2) is 0 Å². The fraction of sp³-hybridized carbons (Fsp3) is 0.826. The van der Waals surface area contributed by atoms with E-state index in [-0.39, 0.29) is 28.8 Å². The van der Waals surface area contributed by atoms with Crippen LogP contribution in [-0.2, 0) is 9.59 Å². The summed E-state index contributed by atoms with van der Waals surface area (Å²) in [6.07, 6.45) is 5.81. The number of aliphatic hydroxyl groups excluding tert-OH is 1. The second-order valence-corrected chi connectivity index (χ2v) is 10.3. The highest BCUT2D eigenvalue weighted by Gasteiger charge is 2.68. The SMILES string of the molecule is CCC(=O)[C@@]1(O)CC[C@H]2[C@@H]3C[C@H](C)C4=CC(=O)CC[C@]4(C)[C@H]3[C@@H](O)C[C@@]21C. The van der Waals surface area contributed by atoms with Crippen LogP contribution in [0.5, 0.6) is 0 Å². The lowest BCUT2D eigenvalue weighted by Gasteiger charge is -2.61. The number of hydrogen-bond acceptors (Lipinski definition) is 4. The Morgan fingerprint density at radius 1 is 1.30 bits per heavy atom. The Morgan fingerprint density at radius 2 is 2.00 bits per heavy atom. The average molecular weight is 375 g/mol. The van der Waals surface area contributed by atoms with Gasteiger partial charge in [-0.05, 0) is 67.3 Å². The number of aliphatic hydroxyl groups is 2. The average Bonchev–Trinajstić information content (AvgIpc) is 2.87. The predicted molar refractivity (Wildman–Crippen MR) is 103 cm³/mol. The van der Waals surface area contributed by atoms with Gasteiger partial charge in [0.1, 0.15) is 5.60 Å². The summed E-state index contributed by atoms with van der Waals surface area (Å²) in [5.41, 5.74) is -0.781. The van der Waals surface area contributed by atoms with Gasteiger partial charge in [-0.3, -0.25) is 9.59 Å². The quantitative estimate of drug-likeness (QED) is 0.776. The summed E-state index contributed by atoms with van der Waals surface area (Å²) in [5, 5.41) is 22.7. The molecule has 4 aliphatic carbocycles. The highest BCUT2D eigenvalue weighted by Crippen LogP contribution is 2.68. The van der Waals surface area contributed by atoms with Crippen LogP contribution < -0.4 is 0 Å². The maximum absolute atomic E-state index is 12.7. The fourth-order valence-corrected chi connectivity index (χ4v) is 7.87. The maximum Gasteiger partial charge on any atom is 0.164 e. The van der Waals surface area contributed by atoms with Crippen LogP contribution in [0, 0.1) is 34.5 Å². The third-order valence-corrected chi connectivity index (χ3v) is 9.15. The molecule has 27 heavy (non-hydrogen) atoms. The maximum atomic E-state index is 12.7. The normalized spacial score (nSPS) is 51.9. The van der Waals surface area contributed by atoms with Crippen molar-refractivity contribution in [2.24, 2.45) is 34.5 Å². The molecule has 3 fully saturated rings. The molecule has 3 saturated carbocycles. The van der Waals surface area contributed by atoms with Gasteiger partial charge >= 0.3 is 0 Å². The van der Waals surface area contributed by atoms with E-state index in [0.29, 0.717) is 37.5 Å². The lowest BCUT2D eigenvalue weighted by atomic mass is 9.44. The summed E-state index contributed by atoms with van der Waals surface area (Å²) >= 11 is 0. The molecule has 150 valence electrons. The van der Waals surface area contributed by atoms with Crippen LogP contribution in [0.1, 0.15) is 72.6 Å². The Morgan fingerprint density at radius 3 is 2.67 bits per heavy atom. The van der Waals surface area contributed by atoms with Gasteiger partial charge in [-0.1, -0.05) is 33.3 Å². The number of fused-ring (bicyclic) bond motifs is 5. The fourth-order valence-electron chi connectivity index (χ4n) is 7.87. The molecule has 0 bridgehead atoms. The van der Waals surface area contributed by atoms with Crippen molar-refractivity contribution in [1.29, 1.82) is 0 Å². The standard InChI is InChI=1S/C23H34O4/c1-5-19(26)23(27)9-7-16-15-10-13(2)17-11-14(24)6-8-21(17,3)20(15)18(25)12-22(16,23)4/h11,13,15-16,18,20,25,27H,5-10,12H2,1-4H3/t13-,15-,16-,18-,20+,21-,22-,23-/m0/s1. The van der Waals surface area contributed by atoms with E-state index in [0.717, 1.165) is 19.3 Å². The molecule has 4 nitrogen and oxygen atoms in total. The summed E-state index contributed by atoms with van der Waals surface area (Å²) in [6.45, 7) is 8.30. The highest BCUT2D eigenvalue weighted by atomic mass is 16.3. The van der Waals surface area contributed by atoms with E-state index in [4.69, 9.17) is 0 Å². The molecular formula is C23H34O4. The van der Waals surface area contributed by atoms with Crippen LogP contribution in [0.4, 0.5) is 0 Å². The van der Waals surface area contributed by atoms with Gasteiger partial charge in [0.15, 0.2) is 11.6 Å². The molecule has 0 radical (unpaired) electrons. The third kappa shape index (κ3) is 2.35. The minimum Gasteiger partial charge on any atom is -0.393 e. The van der Waals surface area contributed by atoms with Crippen LogP contribution >= 0.6 is 0 Å². The van der Waals surface area contributed by atoms with Crippen molar-refractivity contribution in [2.45, 2.75) is 84.3 Å². The molecule has 0 unspecified atom stereocenters. The number of rotatable bonds is 2. The van der Waals surface area contributed by atoms with Crippen LogP contribution in [-0.4, -0.2) is 33.5 Å². The molecule has 0 spiro atoms. The van der Waals surface area contributed by atoms with Gasteiger partial charge in [0.25, 0.3) is 0 Å². The number of Topliss-reactive ketones (excluding diaryl/α,β-unsaturated/α-hetero) is 1. The summed E-state index contributed by atoms with van der Waals surface area (Å²) in [7, 11) is 0. The molecule has 0 aliphatic heterocycles. The van der Waals surface area contributed by atoms with Crippen LogP contribution in [0.3, 0.4) is 0 Å². The Balaban J connectivity index is 1.77. The second kappa shape index (κ2) is 6.00. The molecule has 0 aromatic rings. The van der Waals surface area contributed by atoms with Gasteiger partial charge in [0, 0.05) is 18.3 Å². The molecule has 4 aliphatic rings. The van der Waals surface area contributed by atoms with Crippen LogP contribution in [0.2, 0.25) is 0 Å². The Bertz CT molecular complexity index is 711. The summed E-state index contributed by atoms with van der Waals surface area (Å²) in [5.74, 6) is 1.12. The van der Waals surface area contributed by atoms with Crippen molar-refractivity contribution in [3.05, 3.63) is 11.6 Å². The first-order chi connectivity index (χ1) is 12.6. The predicted octanol–water partition coefficient (Wildman–Crippen LogP) is 3.45.